The Hall–Kier alpha value is -1.83. The van der Waals surface area contributed by atoms with Gasteiger partial charge in [-0.05, 0) is 45.3 Å². The number of aliphatic carboxylic acids is 1. The van der Waals surface area contributed by atoms with E-state index in [0.717, 1.165) is 32.4 Å². The van der Waals surface area contributed by atoms with Crippen molar-refractivity contribution in [2.45, 2.75) is 19.3 Å². The molecule has 0 aromatic carbocycles. The highest BCUT2D eigenvalue weighted by Crippen LogP contribution is 2.18. The molecule has 1 aliphatic heterocycles. The van der Waals surface area contributed by atoms with Crippen LogP contribution in [0.5, 0.6) is 0 Å². The van der Waals surface area contributed by atoms with Crippen molar-refractivity contribution in [3.63, 3.8) is 0 Å². The molecule has 0 saturated carbocycles. The highest BCUT2D eigenvalue weighted by molar-refractivity contribution is 5.86. The Kier molecular flexibility index (Phi) is 7.52. The number of carboxylic acid groups (broad SMARTS) is 1. The Balaban J connectivity index is 2.03. The highest BCUT2D eigenvalue weighted by atomic mass is 16.4. The third-order valence-corrected chi connectivity index (χ3v) is 3.52. The summed E-state index contributed by atoms with van der Waals surface area (Å²) in [5.41, 5.74) is 0. The topological polar surface area (TPSA) is 111 Å². The number of rotatable bonds is 7. The molecule has 1 rings (SSSR count). The van der Waals surface area contributed by atoms with E-state index in [4.69, 9.17) is 5.11 Å². The van der Waals surface area contributed by atoms with E-state index < -0.39 is 24.5 Å². The molecule has 3 amide bonds. The number of carbonyl (C=O) groups excluding carboxylic acids is 2. The fraction of sp³-hybridized carbons (Fsp3) is 0.769. The maximum absolute atomic E-state index is 11.5. The van der Waals surface area contributed by atoms with E-state index >= 15 is 0 Å². The third-order valence-electron chi connectivity index (χ3n) is 3.52. The minimum atomic E-state index is -1.12. The molecule has 0 aromatic rings. The normalized spacial score (nSPS) is 16.2. The molecular formula is C13H24N4O4. The molecule has 0 spiro atoms. The van der Waals surface area contributed by atoms with Crippen molar-refractivity contribution in [1.82, 2.24) is 20.9 Å². The number of amides is 3. The largest absolute Gasteiger partial charge is 0.480 e. The number of hydrogen-bond donors (Lipinski definition) is 4. The second-order valence-corrected chi connectivity index (χ2v) is 5.32. The van der Waals surface area contributed by atoms with Crippen molar-refractivity contribution in [2.75, 3.05) is 39.8 Å². The summed E-state index contributed by atoms with van der Waals surface area (Å²) in [7, 11) is 2.11. The predicted molar refractivity (Wildman–Crippen MR) is 76.9 cm³/mol. The molecule has 1 fully saturated rings. The lowest BCUT2D eigenvalue weighted by atomic mass is 9.94. The Morgan fingerprint density at radius 2 is 1.76 bits per heavy atom. The average molecular weight is 300 g/mol. The molecule has 0 aliphatic carbocycles. The number of carboxylic acids is 1. The Morgan fingerprint density at radius 3 is 2.38 bits per heavy atom. The van der Waals surface area contributed by atoms with Crippen molar-refractivity contribution < 1.29 is 19.5 Å². The molecule has 0 radical (unpaired) electrons. The zero-order valence-corrected chi connectivity index (χ0v) is 12.4. The lowest BCUT2D eigenvalue weighted by Gasteiger charge is -2.28. The smallest absolute Gasteiger partial charge is 0.322 e. The van der Waals surface area contributed by atoms with Crippen molar-refractivity contribution in [1.29, 1.82) is 0 Å². The van der Waals surface area contributed by atoms with Gasteiger partial charge in [0.2, 0.25) is 5.91 Å². The van der Waals surface area contributed by atoms with Crippen molar-refractivity contribution >= 4 is 17.9 Å². The standard InChI is InChI=1S/C13H24N4O4/c1-17-6-3-10(4-7-17)2-5-14-13(21)16-8-11(18)15-9-12(19)20/h10H,2-9H2,1H3,(H,15,18)(H,19,20)(H2,14,16,21). The van der Waals surface area contributed by atoms with Crippen LogP contribution in [0.1, 0.15) is 19.3 Å². The Bertz CT molecular complexity index is 367. The average Bonchev–Trinajstić information content (AvgIpc) is 2.45. The van der Waals surface area contributed by atoms with E-state index in [-0.39, 0.29) is 6.54 Å². The number of carbonyl (C=O) groups is 3. The van der Waals surface area contributed by atoms with Gasteiger partial charge in [-0.15, -0.1) is 0 Å². The SMILES string of the molecule is CN1CCC(CCNC(=O)NCC(=O)NCC(=O)O)CC1. The predicted octanol–water partition coefficient (Wildman–Crippen LogP) is -0.782. The summed E-state index contributed by atoms with van der Waals surface area (Å²) in [6.07, 6.45) is 3.24. The van der Waals surface area contributed by atoms with Crippen LogP contribution in [0.3, 0.4) is 0 Å². The molecule has 4 N–H and O–H groups in total. The summed E-state index contributed by atoms with van der Waals surface area (Å²) in [4.78, 5) is 35.2. The van der Waals surface area contributed by atoms with Crippen LogP contribution in [0, 0.1) is 5.92 Å². The summed E-state index contributed by atoms with van der Waals surface area (Å²) in [6, 6.07) is -0.409. The Labute approximate surface area is 124 Å². The van der Waals surface area contributed by atoms with E-state index in [0.29, 0.717) is 12.5 Å². The first kappa shape index (κ1) is 17.2. The van der Waals surface area contributed by atoms with Crippen LogP contribution in [0.2, 0.25) is 0 Å². The van der Waals surface area contributed by atoms with Crippen LogP contribution < -0.4 is 16.0 Å². The van der Waals surface area contributed by atoms with Gasteiger partial charge < -0.3 is 26.0 Å². The van der Waals surface area contributed by atoms with Gasteiger partial charge in [-0.1, -0.05) is 0 Å². The minimum absolute atomic E-state index is 0.229. The molecule has 8 heteroatoms. The van der Waals surface area contributed by atoms with Crippen LogP contribution in [0.25, 0.3) is 0 Å². The zero-order chi connectivity index (χ0) is 15.7. The van der Waals surface area contributed by atoms with Crippen LogP contribution in [0.4, 0.5) is 4.79 Å². The van der Waals surface area contributed by atoms with Crippen LogP contribution in [-0.2, 0) is 9.59 Å². The van der Waals surface area contributed by atoms with Crippen LogP contribution in [0.15, 0.2) is 0 Å². The number of piperidine rings is 1. The van der Waals surface area contributed by atoms with E-state index in [1.54, 1.807) is 0 Å². The summed E-state index contributed by atoms with van der Waals surface area (Å²) < 4.78 is 0. The fourth-order valence-electron chi connectivity index (χ4n) is 2.20. The molecule has 0 unspecified atom stereocenters. The zero-order valence-electron chi connectivity index (χ0n) is 12.4. The van der Waals surface area contributed by atoms with Crippen LogP contribution >= 0.6 is 0 Å². The van der Waals surface area contributed by atoms with Gasteiger partial charge in [0.25, 0.3) is 0 Å². The molecule has 0 aromatic heterocycles. The van der Waals surface area contributed by atoms with Gasteiger partial charge in [-0.25, -0.2) is 4.79 Å². The molecule has 8 nitrogen and oxygen atoms in total. The van der Waals surface area contributed by atoms with E-state index in [9.17, 15) is 14.4 Å². The highest BCUT2D eigenvalue weighted by Gasteiger charge is 2.16. The second-order valence-electron chi connectivity index (χ2n) is 5.32. The van der Waals surface area contributed by atoms with Crippen molar-refractivity contribution in [3.05, 3.63) is 0 Å². The van der Waals surface area contributed by atoms with E-state index in [1.165, 1.54) is 0 Å². The molecule has 1 heterocycles. The minimum Gasteiger partial charge on any atom is -0.480 e. The first-order chi connectivity index (χ1) is 9.97. The van der Waals surface area contributed by atoms with Gasteiger partial charge in [0.05, 0.1) is 6.54 Å². The monoisotopic (exact) mass is 300 g/mol. The molecule has 1 aliphatic rings. The van der Waals surface area contributed by atoms with Crippen molar-refractivity contribution in [2.24, 2.45) is 5.92 Å². The third kappa shape index (κ3) is 8.13. The molecule has 21 heavy (non-hydrogen) atoms. The Morgan fingerprint density at radius 1 is 1.10 bits per heavy atom. The summed E-state index contributed by atoms with van der Waals surface area (Å²) in [5.74, 6) is -1.01. The quantitative estimate of drug-likeness (QED) is 0.493. The molecule has 1 saturated heterocycles. The molecule has 120 valence electrons. The number of likely N-dealkylation sites (tertiary alicyclic amines) is 1. The maximum atomic E-state index is 11.5. The van der Waals surface area contributed by atoms with E-state index in [2.05, 4.69) is 27.9 Å². The van der Waals surface area contributed by atoms with Gasteiger partial charge in [0.1, 0.15) is 6.54 Å². The van der Waals surface area contributed by atoms with Crippen molar-refractivity contribution in [3.8, 4) is 0 Å². The summed E-state index contributed by atoms with van der Waals surface area (Å²) >= 11 is 0. The summed E-state index contributed by atoms with van der Waals surface area (Å²) in [5, 5.41) is 15.6. The van der Waals surface area contributed by atoms with Gasteiger partial charge in [0, 0.05) is 6.54 Å². The van der Waals surface area contributed by atoms with Gasteiger partial charge in [-0.3, -0.25) is 9.59 Å². The molecule has 0 bridgehead atoms. The van der Waals surface area contributed by atoms with Gasteiger partial charge in [0.15, 0.2) is 0 Å². The van der Waals surface area contributed by atoms with Gasteiger partial charge in [-0.2, -0.15) is 0 Å². The first-order valence-corrected chi connectivity index (χ1v) is 7.16. The summed E-state index contributed by atoms with van der Waals surface area (Å²) in [6.45, 7) is 2.10. The van der Waals surface area contributed by atoms with Gasteiger partial charge >= 0.3 is 12.0 Å². The van der Waals surface area contributed by atoms with Crippen LogP contribution in [-0.4, -0.2) is 67.7 Å². The lowest BCUT2D eigenvalue weighted by molar-refractivity contribution is -0.137. The maximum Gasteiger partial charge on any atom is 0.322 e. The lowest BCUT2D eigenvalue weighted by Crippen LogP contribution is -2.43. The number of nitrogens with one attached hydrogen (secondary N) is 3. The van der Waals surface area contributed by atoms with E-state index in [1.807, 2.05) is 0 Å². The molecular weight excluding hydrogens is 276 g/mol. The molecule has 0 atom stereocenters. The number of hydrogen-bond acceptors (Lipinski definition) is 4. The second kappa shape index (κ2) is 9.17. The number of urea groups is 1. The fourth-order valence-corrected chi connectivity index (χ4v) is 2.20. The first-order valence-electron chi connectivity index (χ1n) is 7.16. The number of nitrogens with zero attached hydrogens (tertiary/aromatic N) is 1.